The minimum absolute atomic E-state index is 0.0424. The predicted octanol–water partition coefficient (Wildman–Crippen LogP) is 3.75. The molecule has 1 atom stereocenters. The molecular weight excluding hydrogens is 383 g/mol. The summed E-state index contributed by atoms with van der Waals surface area (Å²) in [6.45, 7) is 1.78. The fraction of sp³-hybridized carbons (Fsp3) is 0.294. The van der Waals surface area contributed by atoms with E-state index in [2.05, 4.69) is 5.10 Å². The SMILES string of the molecule is Cc1nn([C@H]2CCS(=O)(=O)C2)c(Cl)c1/C=C/C(=O)c1ccc(Cl)cc1. The number of carbonyl (C=O) groups excluding carboxylic acids is 1. The molecule has 0 radical (unpaired) electrons. The molecule has 0 bridgehead atoms. The highest BCUT2D eigenvalue weighted by atomic mass is 35.5. The van der Waals surface area contributed by atoms with Crippen LogP contribution in [0.3, 0.4) is 0 Å². The number of hydrogen-bond donors (Lipinski definition) is 0. The van der Waals surface area contributed by atoms with Gasteiger partial charge in [0.15, 0.2) is 15.6 Å². The first-order chi connectivity index (χ1) is 11.8. The summed E-state index contributed by atoms with van der Waals surface area (Å²) in [4.78, 5) is 12.2. The molecule has 0 N–H and O–H groups in total. The lowest BCUT2D eigenvalue weighted by Crippen LogP contribution is -2.12. The van der Waals surface area contributed by atoms with E-state index in [0.29, 0.717) is 33.4 Å². The van der Waals surface area contributed by atoms with E-state index in [1.165, 1.54) is 6.08 Å². The summed E-state index contributed by atoms with van der Waals surface area (Å²) >= 11 is 12.2. The Labute approximate surface area is 156 Å². The van der Waals surface area contributed by atoms with Gasteiger partial charge in [0.05, 0.1) is 23.2 Å². The number of nitrogens with zero attached hydrogens (tertiary/aromatic N) is 2. The van der Waals surface area contributed by atoms with Crippen molar-refractivity contribution in [1.29, 1.82) is 0 Å². The minimum Gasteiger partial charge on any atom is -0.289 e. The number of ketones is 1. The highest BCUT2D eigenvalue weighted by molar-refractivity contribution is 7.91. The van der Waals surface area contributed by atoms with Gasteiger partial charge in [-0.1, -0.05) is 23.2 Å². The fourth-order valence-corrected chi connectivity index (χ4v) is 4.99. The first-order valence-corrected chi connectivity index (χ1v) is 10.3. The zero-order valence-corrected chi connectivity index (χ0v) is 15.8. The van der Waals surface area contributed by atoms with E-state index in [1.54, 1.807) is 41.9 Å². The molecule has 3 rings (SSSR count). The summed E-state index contributed by atoms with van der Waals surface area (Å²) in [5.74, 6) is 0.0108. The normalized spacial score (nSPS) is 19.6. The molecule has 1 saturated heterocycles. The number of hydrogen-bond acceptors (Lipinski definition) is 4. The van der Waals surface area contributed by atoms with Gasteiger partial charge in [0.2, 0.25) is 0 Å². The van der Waals surface area contributed by atoms with Gasteiger partial charge in [0.25, 0.3) is 0 Å². The fourth-order valence-electron chi connectivity index (χ4n) is 2.80. The second-order valence-electron chi connectivity index (χ2n) is 6.00. The maximum Gasteiger partial charge on any atom is 0.185 e. The Hall–Kier alpha value is -1.63. The lowest BCUT2D eigenvalue weighted by Gasteiger charge is -2.09. The van der Waals surface area contributed by atoms with Crippen LogP contribution < -0.4 is 0 Å². The van der Waals surface area contributed by atoms with Gasteiger partial charge in [-0.05, 0) is 49.8 Å². The third-order valence-corrected chi connectivity index (χ3v) is 6.53. The zero-order chi connectivity index (χ0) is 18.2. The Morgan fingerprint density at radius 1 is 1.28 bits per heavy atom. The van der Waals surface area contributed by atoms with E-state index in [-0.39, 0.29) is 23.3 Å². The third-order valence-electron chi connectivity index (χ3n) is 4.16. The van der Waals surface area contributed by atoms with Crippen LogP contribution in [0.1, 0.15) is 34.1 Å². The molecule has 25 heavy (non-hydrogen) atoms. The number of halogens is 2. The van der Waals surface area contributed by atoms with Gasteiger partial charge < -0.3 is 0 Å². The molecule has 8 heteroatoms. The predicted molar refractivity (Wildman–Crippen MR) is 99.1 cm³/mol. The molecule has 0 unspecified atom stereocenters. The van der Waals surface area contributed by atoms with E-state index in [9.17, 15) is 13.2 Å². The quantitative estimate of drug-likeness (QED) is 0.580. The van der Waals surface area contributed by atoms with Crippen molar-refractivity contribution in [2.75, 3.05) is 11.5 Å². The Balaban J connectivity index is 1.83. The highest BCUT2D eigenvalue weighted by Gasteiger charge is 2.31. The molecule has 5 nitrogen and oxygen atoms in total. The van der Waals surface area contributed by atoms with E-state index >= 15 is 0 Å². The van der Waals surface area contributed by atoms with Crippen LogP contribution in [0, 0.1) is 6.92 Å². The maximum atomic E-state index is 12.2. The second kappa shape index (κ2) is 6.94. The number of allylic oxidation sites excluding steroid dienone is 1. The van der Waals surface area contributed by atoms with Gasteiger partial charge in [0, 0.05) is 16.1 Å². The average Bonchev–Trinajstić information content (AvgIpc) is 3.05. The van der Waals surface area contributed by atoms with Crippen molar-refractivity contribution < 1.29 is 13.2 Å². The highest BCUT2D eigenvalue weighted by Crippen LogP contribution is 2.30. The Kier molecular flexibility index (Phi) is 5.04. The van der Waals surface area contributed by atoms with Crippen molar-refractivity contribution in [2.45, 2.75) is 19.4 Å². The summed E-state index contributed by atoms with van der Waals surface area (Å²) in [6, 6.07) is 6.34. The van der Waals surface area contributed by atoms with Crippen molar-refractivity contribution in [3.63, 3.8) is 0 Å². The Bertz CT molecular complexity index is 947. The van der Waals surface area contributed by atoms with E-state index in [1.807, 2.05) is 0 Å². The van der Waals surface area contributed by atoms with Crippen LogP contribution in [0.25, 0.3) is 6.08 Å². The summed E-state index contributed by atoms with van der Waals surface area (Å²) < 4.78 is 24.9. The summed E-state index contributed by atoms with van der Waals surface area (Å²) in [6.07, 6.45) is 3.53. The van der Waals surface area contributed by atoms with E-state index < -0.39 is 9.84 Å². The Morgan fingerprint density at radius 3 is 2.56 bits per heavy atom. The average molecular weight is 399 g/mol. The van der Waals surface area contributed by atoms with Gasteiger partial charge in [-0.15, -0.1) is 0 Å². The molecule has 2 heterocycles. The van der Waals surface area contributed by atoms with Gasteiger partial charge in [-0.25, -0.2) is 13.1 Å². The van der Waals surface area contributed by atoms with Crippen LogP contribution >= 0.6 is 23.2 Å². The molecule has 1 aromatic heterocycles. The van der Waals surface area contributed by atoms with Crippen LogP contribution in [0.5, 0.6) is 0 Å². The van der Waals surface area contributed by atoms with Crippen LogP contribution in [0.4, 0.5) is 0 Å². The van der Waals surface area contributed by atoms with Crippen molar-refractivity contribution >= 4 is 44.9 Å². The molecule has 0 saturated carbocycles. The molecule has 2 aromatic rings. The molecule has 0 aliphatic carbocycles. The van der Waals surface area contributed by atoms with E-state index in [0.717, 1.165) is 0 Å². The van der Waals surface area contributed by atoms with Crippen LogP contribution in [-0.4, -0.2) is 35.5 Å². The van der Waals surface area contributed by atoms with Crippen LogP contribution in [-0.2, 0) is 9.84 Å². The van der Waals surface area contributed by atoms with Gasteiger partial charge in [-0.2, -0.15) is 5.10 Å². The van der Waals surface area contributed by atoms with Gasteiger partial charge >= 0.3 is 0 Å². The largest absolute Gasteiger partial charge is 0.289 e. The Morgan fingerprint density at radius 2 is 1.96 bits per heavy atom. The molecule has 1 fully saturated rings. The number of aryl methyl sites for hydroxylation is 1. The smallest absolute Gasteiger partial charge is 0.185 e. The number of aromatic nitrogens is 2. The molecule has 1 aliphatic rings. The third kappa shape index (κ3) is 3.97. The van der Waals surface area contributed by atoms with Gasteiger partial charge in [0.1, 0.15) is 5.15 Å². The topological polar surface area (TPSA) is 69.0 Å². The number of carbonyl (C=O) groups is 1. The molecule has 0 spiro atoms. The molecule has 132 valence electrons. The van der Waals surface area contributed by atoms with Crippen molar-refractivity contribution in [3.8, 4) is 0 Å². The molecular formula is C17H16Cl2N2O3S. The first-order valence-electron chi connectivity index (χ1n) is 7.70. The number of rotatable bonds is 4. The number of sulfone groups is 1. The van der Waals surface area contributed by atoms with Crippen molar-refractivity contribution in [3.05, 3.63) is 57.3 Å². The van der Waals surface area contributed by atoms with Crippen LogP contribution in [0.2, 0.25) is 10.2 Å². The zero-order valence-electron chi connectivity index (χ0n) is 13.4. The summed E-state index contributed by atoms with van der Waals surface area (Å²) in [7, 11) is -3.03. The first kappa shape index (κ1) is 18.2. The lowest BCUT2D eigenvalue weighted by molar-refractivity contribution is 0.104. The molecule has 1 aromatic carbocycles. The number of benzene rings is 1. The summed E-state index contributed by atoms with van der Waals surface area (Å²) in [5.41, 5.74) is 1.78. The summed E-state index contributed by atoms with van der Waals surface area (Å²) in [5, 5.41) is 5.27. The van der Waals surface area contributed by atoms with Gasteiger partial charge in [-0.3, -0.25) is 4.79 Å². The van der Waals surface area contributed by atoms with Crippen LogP contribution in [0.15, 0.2) is 30.3 Å². The monoisotopic (exact) mass is 398 g/mol. The lowest BCUT2D eigenvalue weighted by atomic mass is 10.1. The van der Waals surface area contributed by atoms with Crippen molar-refractivity contribution in [2.24, 2.45) is 0 Å². The minimum atomic E-state index is -3.03. The maximum absolute atomic E-state index is 12.2. The molecule has 1 aliphatic heterocycles. The second-order valence-corrected chi connectivity index (χ2v) is 9.02. The van der Waals surface area contributed by atoms with E-state index in [4.69, 9.17) is 23.2 Å². The standard InChI is InChI=1S/C17H16Cl2N2O3S/c1-11-15(6-7-16(22)12-2-4-13(18)5-3-12)17(19)21(20-11)14-8-9-25(23,24)10-14/h2-7,14H,8-10H2,1H3/b7-6+/t14-/m0/s1. The molecule has 0 amide bonds. The van der Waals surface area contributed by atoms with Crippen molar-refractivity contribution in [1.82, 2.24) is 9.78 Å².